The zero-order valence-electron chi connectivity index (χ0n) is 15.0. The van der Waals surface area contributed by atoms with Crippen molar-refractivity contribution in [3.05, 3.63) is 23.8 Å². The first-order valence-corrected chi connectivity index (χ1v) is 9.28. The molecule has 0 unspecified atom stereocenters. The highest BCUT2D eigenvalue weighted by atomic mass is 16.6. The summed E-state index contributed by atoms with van der Waals surface area (Å²) in [6.07, 6.45) is 2.58. The molecule has 26 heavy (non-hydrogen) atoms. The van der Waals surface area contributed by atoms with Crippen LogP contribution in [0.5, 0.6) is 0 Å². The van der Waals surface area contributed by atoms with Gasteiger partial charge in [-0.2, -0.15) is 0 Å². The van der Waals surface area contributed by atoms with E-state index >= 15 is 0 Å². The first kappa shape index (κ1) is 16.5. The molecule has 1 spiro atoms. The maximum Gasteiger partial charge on any atom is 0.315 e. The van der Waals surface area contributed by atoms with Gasteiger partial charge in [-0.05, 0) is 55.6 Å². The van der Waals surface area contributed by atoms with Gasteiger partial charge in [-0.3, -0.25) is 9.59 Å². The van der Waals surface area contributed by atoms with Crippen molar-refractivity contribution in [3.63, 3.8) is 0 Å². The molecule has 0 aromatic rings. The van der Waals surface area contributed by atoms with Gasteiger partial charge in [0.2, 0.25) is 0 Å². The highest BCUT2D eigenvalue weighted by molar-refractivity contribution is 5.86. The van der Waals surface area contributed by atoms with Gasteiger partial charge in [0.15, 0.2) is 0 Å². The predicted octanol–water partition coefficient (Wildman–Crippen LogP) is 1.12. The lowest BCUT2D eigenvalue weighted by Crippen LogP contribution is -2.50. The van der Waals surface area contributed by atoms with Crippen molar-refractivity contribution >= 4 is 11.9 Å². The van der Waals surface area contributed by atoms with Gasteiger partial charge in [0.25, 0.3) is 0 Å². The first-order valence-electron chi connectivity index (χ1n) is 9.28. The monoisotopic (exact) mass is 360 g/mol. The van der Waals surface area contributed by atoms with Crippen LogP contribution in [-0.2, 0) is 19.1 Å². The quantitative estimate of drug-likeness (QED) is 0.538. The van der Waals surface area contributed by atoms with Gasteiger partial charge in [-0.1, -0.05) is 12.2 Å². The standard InChI is InChI=1S/C20H24O6/c1-9-7-19-8-20(9,24)5-4-11(19)10-6-12-15(21)18(2,17(23)26-12)13(10)14(19)16(22)25-3/h6,11-15,21,24H,1,4-5,7-8H2,2-3H3/t11-,12+,13+,14+,15-,18-,19-,20-/m0/s1. The summed E-state index contributed by atoms with van der Waals surface area (Å²) in [5.41, 5.74) is -0.814. The number of aliphatic hydroxyl groups is 2. The van der Waals surface area contributed by atoms with Crippen molar-refractivity contribution in [1.29, 1.82) is 0 Å². The van der Waals surface area contributed by atoms with E-state index in [4.69, 9.17) is 9.47 Å². The Morgan fingerprint density at radius 2 is 2.19 bits per heavy atom. The van der Waals surface area contributed by atoms with Crippen LogP contribution in [0.2, 0.25) is 0 Å². The largest absolute Gasteiger partial charge is 0.469 e. The minimum atomic E-state index is -1.16. The molecule has 6 heteroatoms. The molecule has 5 rings (SSSR count). The molecule has 2 N–H and O–H groups in total. The van der Waals surface area contributed by atoms with Gasteiger partial charge in [0.05, 0.1) is 18.6 Å². The number of ether oxygens (including phenoxy) is 2. The molecule has 8 atom stereocenters. The van der Waals surface area contributed by atoms with Crippen LogP contribution in [0.4, 0.5) is 0 Å². The molecule has 1 saturated heterocycles. The van der Waals surface area contributed by atoms with E-state index in [2.05, 4.69) is 6.58 Å². The van der Waals surface area contributed by atoms with Crippen LogP contribution in [0.15, 0.2) is 23.8 Å². The summed E-state index contributed by atoms with van der Waals surface area (Å²) >= 11 is 0. The second-order valence-electron chi connectivity index (χ2n) is 9.06. The summed E-state index contributed by atoms with van der Waals surface area (Å²) in [5, 5.41) is 21.8. The van der Waals surface area contributed by atoms with Crippen LogP contribution in [0.3, 0.4) is 0 Å². The summed E-state index contributed by atoms with van der Waals surface area (Å²) in [4.78, 5) is 25.6. The number of hydrogen-bond acceptors (Lipinski definition) is 6. The Bertz CT molecular complexity index is 785. The molecule has 4 aliphatic carbocycles. The molecule has 5 aliphatic rings. The molecule has 6 nitrogen and oxygen atoms in total. The fourth-order valence-electron chi connectivity index (χ4n) is 6.97. The number of rotatable bonds is 1. The van der Waals surface area contributed by atoms with E-state index in [1.165, 1.54) is 7.11 Å². The Labute approximate surface area is 151 Å². The Morgan fingerprint density at radius 3 is 2.88 bits per heavy atom. The molecule has 0 radical (unpaired) electrons. The van der Waals surface area contributed by atoms with E-state index in [9.17, 15) is 19.8 Å². The second-order valence-corrected chi connectivity index (χ2v) is 9.06. The van der Waals surface area contributed by atoms with E-state index in [0.29, 0.717) is 19.3 Å². The number of carbonyl (C=O) groups excluding carboxylic acids is 2. The van der Waals surface area contributed by atoms with E-state index in [0.717, 1.165) is 17.6 Å². The van der Waals surface area contributed by atoms with Gasteiger partial charge >= 0.3 is 11.9 Å². The number of hydrogen-bond donors (Lipinski definition) is 2. The van der Waals surface area contributed by atoms with E-state index in [1.807, 2.05) is 6.08 Å². The summed E-state index contributed by atoms with van der Waals surface area (Å²) in [7, 11) is 1.35. The summed E-state index contributed by atoms with van der Waals surface area (Å²) in [6.45, 7) is 5.80. The van der Waals surface area contributed by atoms with Gasteiger partial charge in [0, 0.05) is 5.92 Å². The van der Waals surface area contributed by atoms with Gasteiger partial charge in [-0.25, -0.2) is 0 Å². The van der Waals surface area contributed by atoms with Crippen LogP contribution < -0.4 is 0 Å². The van der Waals surface area contributed by atoms with Crippen molar-refractivity contribution in [1.82, 2.24) is 0 Å². The average Bonchev–Trinajstić information content (AvgIpc) is 3.03. The van der Waals surface area contributed by atoms with Crippen LogP contribution >= 0.6 is 0 Å². The van der Waals surface area contributed by atoms with E-state index < -0.39 is 46.4 Å². The predicted molar refractivity (Wildman–Crippen MR) is 89.6 cm³/mol. The van der Waals surface area contributed by atoms with Crippen molar-refractivity contribution in [2.45, 2.75) is 50.4 Å². The summed E-state index contributed by atoms with van der Waals surface area (Å²) in [6, 6.07) is 0. The molecular formula is C20H24O6. The number of carbonyl (C=O) groups is 2. The van der Waals surface area contributed by atoms with E-state index in [1.54, 1.807) is 6.92 Å². The fraction of sp³-hybridized carbons (Fsp3) is 0.700. The van der Waals surface area contributed by atoms with Crippen LogP contribution in [-0.4, -0.2) is 47.1 Å². The molecule has 0 aromatic carbocycles. The smallest absolute Gasteiger partial charge is 0.315 e. The lowest BCUT2D eigenvalue weighted by molar-refractivity contribution is -0.160. The summed E-state index contributed by atoms with van der Waals surface area (Å²) < 4.78 is 10.6. The van der Waals surface area contributed by atoms with Crippen LogP contribution in [0.1, 0.15) is 32.6 Å². The lowest BCUT2D eigenvalue weighted by atomic mass is 9.61. The van der Waals surface area contributed by atoms with Gasteiger partial charge < -0.3 is 19.7 Å². The molecule has 0 amide bonds. The minimum Gasteiger partial charge on any atom is -0.469 e. The second kappa shape index (κ2) is 4.60. The Balaban J connectivity index is 1.74. The Morgan fingerprint density at radius 1 is 1.46 bits per heavy atom. The third-order valence-electron chi connectivity index (χ3n) is 8.14. The number of methoxy groups -OCH3 is 1. The van der Waals surface area contributed by atoms with Crippen LogP contribution in [0, 0.1) is 28.6 Å². The van der Waals surface area contributed by atoms with Gasteiger partial charge in [-0.15, -0.1) is 0 Å². The van der Waals surface area contributed by atoms with Crippen molar-refractivity contribution in [2.24, 2.45) is 28.6 Å². The number of esters is 2. The molecule has 0 aromatic heterocycles. The number of allylic oxidation sites excluding steroid dienone is 1. The average molecular weight is 360 g/mol. The molecule has 4 fully saturated rings. The molecule has 1 heterocycles. The first-order chi connectivity index (χ1) is 12.2. The number of fused-ring (bicyclic) bond motifs is 6. The molecule has 140 valence electrons. The highest BCUT2D eigenvalue weighted by Crippen LogP contribution is 2.74. The topological polar surface area (TPSA) is 93.1 Å². The van der Waals surface area contributed by atoms with Crippen molar-refractivity contribution in [3.8, 4) is 0 Å². The van der Waals surface area contributed by atoms with E-state index in [-0.39, 0.29) is 11.9 Å². The molecule has 4 bridgehead atoms. The summed E-state index contributed by atoms with van der Waals surface area (Å²) in [5.74, 6) is -1.83. The van der Waals surface area contributed by atoms with Gasteiger partial charge in [0.1, 0.15) is 17.6 Å². The maximum atomic E-state index is 13.0. The zero-order chi connectivity index (χ0) is 18.6. The van der Waals surface area contributed by atoms with Crippen molar-refractivity contribution in [2.75, 3.05) is 7.11 Å². The number of aliphatic hydroxyl groups excluding tert-OH is 1. The molecule has 3 saturated carbocycles. The Hall–Kier alpha value is -1.66. The third kappa shape index (κ3) is 1.54. The highest BCUT2D eigenvalue weighted by Gasteiger charge is 2.75. The molecule has 1 aliphatic heterocycles. The third-order valence-corrected chi connectivity index (χ3v) is 8.14. The Kier molecular flexibility index (Phi) is 2.92. The maximum absolute atomic E-state index is 13.0. The van der Waals surface area contributed by atoms with Crippen molar-refractivity contribution < 1.29 is 29.3 Å². The SMILES string of the molecule is C=C1C[C@]23C[C@@]1(O)CC[C@H]2C1=C[C@H]2OC(=O)[C@@](C)([C@H]1[C@@H]3C(=O)OC)[C@H]2O. The lowest BCUT2D eigenvalue weighted by Gasteiger charge is -2.42. The normalized spacial score (nSPS) is 53.7. The molecular weight excluding hydrogens is 336 g/mol. The zero-order valence-corrected chi connectivity index (χ0v) is 15.0. The van der Waals surface area contributed by atoms with Crippen LogP contribution in [0.25, 0.3) is 0 Å². The fourth-order valence-corrected chi connectivity index (χ4v) is 6.97. The minimum absolute atomic E-state index is 0.0694.